The lowest BCUT2D eigenvalue weighted by atomic mass is 10.1. The van der Waals surface area contributed by atoms with E-state index in [0.717, 1.165) is 0 Å². The van der Waals surface area contributed by atoms with Crippen LogP contribution in [0.25, 0.3) is 0 Å². The lowest BCUT2D eigenvalue weighted by Gasteiger charge is -2.23. The molecule has 1 aromatic heterocycles. The van der Waals surface area contributed by atoms with Crippen molar-refractivity contribution in [2.45, 2.75) is 19.4 Å². The number of ether oxygens (including phenoxy) is 1. The van der Waals surface area contributed by atoms with E-state index in [1.807, 2.05) is 13.8 Å². The molecule has 1 rings (SSSR count). The summed E-state index contributed by atoms with van der Waals surface area (Å²) in [6.45, 7) is 4.33. The van der Waals surface area contributed by atoms with Crippen LogP contribution in [0, 0.1) is 0 Å². The maximum atomic E-state index is 10.8. The number of aromatic carboxylic acids is 1. The number of carbonyl (C=O) groups is 1. The van der Waals surface area contributed by atoms with Crippen molar-refractivity contribution in [3.63, 3.8) is 0 Å². The predicted octanol–water partition coefficient (Wildman–Crippen LogP) is 2.27. The first-order chi connectivity index (χ1) is 7.85. The largest absolute Gasteiger partial charge is 0.476 e. The van der Waals surface area contributed by atoms with E-state index in [4.69, 9.17) is 21.4 Å². The van der Waals surface area contributed by atoms with Crippen molar-refractivity contribution >= 4 is 23.4 Å². The minimum Gasteiger partial charge on any atom is -0.476 e. The van der Waals surface area contributed by atoms with Crippen molar-refractivity contribution in [1.82, 2.24) is 4.98 Å². The summed E-state index contributed by atoms with van der Waals surface area (Å²) >= 11 is 5.71. The first-order valence-corrected chi connectivity index (χ1v) is 5.42. The number of anilines is 1. The van der Waals surface area contributed by atoms with Crippen LogP contribution in [0.3, 0.4) is 0 Å². The molecule has 0 fully saturated rings. The van der Waals surface area contributed by atoms with Gasteiger partial charge < -0.3 is 15.2 Å². The van der Waals surface area contributed by atoms with Crippen LogP contribution in [0.5, 0.6) is 0 Å². The van der Waals surface area contributed by atoms with Crippen LogP contribution in [0.15, 0.2) is 12.1 Å². The number of hydrogen-bond donors (Lipinski definition) is 2. The molecule has 0 amide bonds. The Morgan fingerprint density at radius 3 is 2.76 bits per heavy atom. The van der Waals surface area contributed by atoms with Gasteiger partial charge in [0.05, 0.1) is 10.6 Å². The summed E-state index contributed by atoms with van der Waals surface area (Å²) in [6.07, 6.45) is 0. The van der Waals surface area contributed by atoms with Crippen LogP contribution in [0.1, 0.15) is 24.3 Å². The molecule has 0 aliphatic rings. The summed E-state index contributed by atoms with van der Waals surface area (Å²) in [5, 5.41) is 12.0. The molecule has 0 spiro atoms. The van der Waals surface area contributed by atoms with Gasteiger partial charge in [0.2, 0.25) is 0 Å². The average Bonchev–Trinajstić information content (AvgIpc) is 2.27. The molecule has 5 nitrogen and oxygen atoms in total. The predicted molar refractivity (Wildman–Crippen MR) is 65.8 cm³/mol. The summed E-state index contributed by atoms with van der Waals surface area (Å²) in [7, 11) is 1.61. The third kappa shape index (κ3) is 3.87. The van der Waals surface area contributed by atoms with Gasteiger partial charge in [-0.15, -0.1) is 0 Å². The van der Waals surface area contributed by atoms with Gasteiger partial charge in [-0.25, -0.2) is 9.78 Å². The molecular weight excluding hydrogens is 244 g/mol. The average molecular weight is 259 g/mol. The van der Waals surface area contributed by atoms with Gasteiger partial charge in [-0.3, -0.25) is 0 Å². The number of nitrogens with zero attached hydrogens (tertiary/aromatic N) is 1. The van der Waals surface area contributed by atoms with Crippen LogP contribution in [0.4, 0.5) is 5.82 Å². The van der Waals surface area contributed by atoms with Gasteiger partial charge in [0.25, 0.3) is 0 Å². The molecule has 0 aliphatic carbocycles. The second-order valence-electron chi connectivity index (χ2n) is 4.15. The minimum absolute atomic E-state index is 0.119. The van der Waals surface area contributed by atoms with Gasteiger partial charge in [-0.1, -0.05) is 11.6 Å². The maximum absolute atomic E-state index is 10.8. The fraction of sp³-hybridized carbons (Fsp3) is 0.455. The molecule has 1 heterocycles. The third-order valence-electron chi connectivity index (χ3n) is 2.30. The number of hydrogen-bond acceptors (Lipinski definition) is 4. The number of carboxylic acids is 1. The van der Waals surface area contributed by atoms with Gasteiger partial charge in [-0.2, -0.15) is 0 Å². The Bertz CT molecular complexity index is 421. The molecule has 0 bridgehead atoms. The summed E-state index contributed by atoms with van der Waals surface area (Å²) in [5.41, 5.74) is -0.517. The number of aromatic nitrogens is 1. The number of carboxylic acid groups (broad SMARTS) is 1. The van der Waals surface area contributed by atoms with Gasteiger partial charge in [0.15, 0.2) is 5.69 Å². The van der Waals surface area contributed by atoms with Crippen molar-refractivity contribution in [3.05, 3.63) is 22.8 Å². The van der Waals surface area contributed by atoms with E-state index in [1.54, 1.807) is 13.2 Å². The smallest absolute Gasteiger partial charge is 0.356 e. The van der Waals surface area contributed by atoms with Crippen LogP contribution < -0.4 is 5.32 Å². The van der Waals surface area contributed by atoms with Crippen LogP contribution in [0.2, 0.25) is 5.02 Å². The van der Waals surface area contributed by atoms with Crippen molar-refractivity contribution in [2.75, 3.05) is 19.0 Å². The van der Waals surface area contributed by atoms with Gasteiger partial charge in [0.1, 0.15) is 5.82 Å². The van der Waals surface area contributed by atoms with E-state index in [1.165, 1.54) is 6.07 Å². The fourth-order valence-electron chi connectivity index (χ4n) is 1.07. The number of nitrogens with one attached hydrogen (secondary N) is 1. The van der Waals surface area contributed by atoms with Gasteiger partial charge >= 0.3 is 5.97 Å². The van der Waals surface area contributed by atoms with E-state index in [0.29, 0.717) is 12.4 Å². The topological polar surface area (TPSA) is 71.5 Å². The second kappa shape index (κ2) is 5.33. The minimum atomic E-state index is -1.15. The molecule has 17 heavy (non-hydrogen) atoms. The van der Waals surface area contributed by atoms with E-state index >= 15 is 0 Å². The summed E-state index contributed by atoms with van der Waals surface area (Å²) < 4.78 is 5.23. The zero-order valence-electron chi connectivity index (χ0n) is 9.95. The summed E-state index contributed by atoms with van der Waals surface area (Å²) in [6, 6.07) is 3.13. The highest BCUT2D eigenvalue weighted by atomic mass is 35.5. The monoisotopic (exact) mass is 258 g/mol. The van der Waals surface area contributed by atoms with E-state index in [2.05, 4.69) is 10.3 Å². The summed E-state index contributed by atoms with van der Waals surface area (Å²) in [4.78, 5) is 14.7. The van der Waals surface area contributed by atoms with Crippen LogP contribution in [-0.2, 0) is 4.74 Å². The molecule has 0 atom stereocenters. The zero-order chi connectivity index (χ0) is 13.1. The molecule has 0 saturated heterocycles. The number of methoxy groups -OCH3 is 1. The highest BCUT2D eigenvalue weighted by Crippen LogP contribution is 2.17. The maximum Gasteiger partial charge on any atom is 0.356 e. The lowest BCUT2D eigenvalue weighted by Crippen LogP contribution is -2.32. The second-order valence-corrected chi connectivity index (χ2v) is 4.56. The zero-order valence-corrected chi connectivity index (χ0v) is 10.7. The normalized spacial score (nSPS) is 11.3. The number of halogens is 1. The molecule has 0 radical (unpaired) electrons. The standard InChI is InChI=1S/C11H15ClN2O3/c1-11(2,17-3)6-13-8-5-4-7(12)9(14-8)10(15)16/h4-5H,6H2,1-3H3,(H,13,14)(H,15,16). The Morgan fingerprint density at radius 1 is 1.59 bits per heavy atom. The van der Waals surface area contributed by atoms with Crippen molar-refractivity contribution in [1.29, 1.82) is 0 Å². The lowest BCUT2D eigenvalue weighted by molar-refractivity contribution is 0.0343. The SMILES string of the molecule is COC(C)(C)CNc1ccc(Cl)c(C(=O)O)n1. The Morgan fingerprint density at radius 2 is 2.24 bits per heavy atom. The third-order valence-corrected chi connectivity index (χ3v) is 2.60. The molecule has 1 aromatic rings. The molecule has 94 valence electrons. The Hall–Kier alpha value is -1.33. The molecule has 0 saturated carbocycles. The summed E-state index contributed by atoms with van der Waals surface area (Å²) in [5.74, 6) is -0.693. The Labute approximate surface area is 105 Å². The van der Waals surface area contributed by atoms with E-state index in [-0.39, 0.29) is 16.3 Å². The van der Waals surface area contributed by atoms with Gasteiger partial charge in [0, 0.05) is 13.7 Å². The highest BCUT2D eigenvalue weighted by molar-refractivity contribution is 6.33. The molecule has 0 unspecified atom stereocenters. The molecule has 0 aliphatic heterocycles. The van der Waals surface area contributed by atoms with Crippen molar-refractivity contribution in [2.24, 2.45) is 0 Å². The molecular formula is C11H15ClN2O3. The van der Waals surface area contributed by atoms with Crippen molar-refractivity contribution in [3.8, 4) is 0 Å². The first-order valence-electron chi connectivity index (χ1n) is 5.04. The molecule has 6 heteroatoms. The van der Waals surface area contributed by atoms with Crippen molar-refractivity contribution < 1.29 is 14.6 Å². The first kappa shape index (κ1) is 13.7. The quantitative estimate of drug-likeness (QED) is 0.848. The fourth-order valence-corrected chi connectivity index (χ4v) is 1.25. The van der Waals surface area contributed by atoms with E-state index in [9.17, 15) is 4.79 Å². The van der Waals surface area contributed by atoms with E-state index < -0.39 is 5.97 Å². The molecule has 2 N–H and O–H groups in total. The Balaban J connectivity index is 2.80. The number of rotatable bonds is 5. The van der Waals surface area contributed by atoms with Crippen LogP contribution in [-0.4, -0.2) is 35.3 Å². The van der Waals surface area contributed by atoms with Gasteiger partial charge in [-0.05, 0) is 26.0 Å². The molecule has 0 aromatic carbocycles. The highest BCUT2D eigenvalue weighted by Gasteiger charge is 2.17. The Kier molecular flexibility index (Phi) is 4.31. The van der Waals surface area contributed by atoms with Crippen LogP contribution >= 0.6 is 11.6 Å². The number of pyridine rings is 1.